The molecule has 2 aliphatic heterocycles. The number of halogens is 3. The van der Waals surface area contributed by atoms with E-state index in [4.69, 9.17) is 14.9 Å². The first kappa shape index (κ1) is 45.6. The SMILES string of the molecule is CCNC1CCN(c2c(Cn3cc4c(N5CCC(C)(NC)CC5)cc(F)c(C(=O)Nc5cn6cc(C)nc6c(F)c5OC)c4n3)cc(C(=O)Nc3cc(F)c4nn(C)cc4c3)c3nn(C)cc23)CC1. The molecule has 5 aromatic heterocycles. The topological polar surface area (TPSA) is 169 Å². The van der Waals surface area contributed by atoms with E-state index in [1.165, 1.54) is 34.5 Å². The molecule has 0 unspecified atom stereocenters. The molecular weight excluding hydrogens is 890 g/mol. The summed E-state index contributed by atoms with van der Waals surface area (Å²) in [5.41, 5.74) is 3.56. The first-order chi connectivity index (χ1) is 33.1. The van der Waals surface area contributed by atoms with Crippen LogP contribution in [0.4, 0.5) is 35.9 Å². The minimum Gasteiger partial charge on any atom is -0.491 e. The number of imidazole rings is 1. The third kappa shape index (κ3) is 8.34. The number of pyridine rings is 1. The number of ether oxygens (including phenoxy) is 1. The lowest BCUT2D eigenvalue weighted by atomic mass is 9.89. The van der Waals surface area contributed by atoms with E-state index in [1.54, 1.807) is 54.9 Å². The number of benzene rings is 3. The normalized spacial score (nSPS) is 15.6. The second-order valence-corrected chi connectivity index (χ2v) is 18.6. The molecule has 7 heterocycles. The molecule has 10 rings (SSSR count). The van der Waals surface area contributed by atoms with Crippen LogP contribution in [0.1, 0.15) is 71.5 Å². The monoisotopic (exact) mass is 944 g/mol. The van der Waals surface area contributed by atoms with Gasteiger partial charge in [-0.2, -0.15) is 19.7 Å². The van der Waals surface area contributed by atoms with Crippen LogP contribution in [0.15, 0.2) is 55.2 Å². The summed E-state index contributed by atoms with van der Waals surface area (Å²) in [7, 11) is 6.73. The van der Waals surface area contributed by atoms with Crippen molar-refractivity contribution in [3.8, 4) is 5.75 Å². The summed E-state index contributed by atoms with van der Waals surface area (Å²) in [6.07, 6.45) is 11.8. The standard InChI is InChI=1S/C49H55F3N14O3/c1-8-54-30-9-13-64(14-10-30)44-29(18-32(42-34(44)24-62(6)59-42)47(67)56-31-17-28-22-61(5)58-41(28)36(51)19-31)23-66-25-33-38(63-15-11-49(3,53-4)12-16-63)20-35(50)39(43(33)60-66)48(68)57-37-26-65-21-27(2)55-46(65)40(52)45(37)69-7/h17-22,24-26,30,53-54H,8-16,23H2,1-7H3,(H,56,67)(H,57,68). The fraction of sp³-hybridized carbons (Fsp3) is 0.388. The summed E-state index contributed by atoms with van der Waals surface area (Å²) in [5.74, 6) is -3.76. The maximum atomic E-state index is 16.9. The summed E-state index contributed by atoms with van der Waals surface area (Å²) < 4.78 is 59.6. The van der Waals surface area contributed by atoms with Crippen LogP contribution in [-0.2, 0) is 20.6 Å². The van der Waals surface area contributed by atoms with Gasteiger partial charge in [0, 0.05) is 105 Å². The summed E-state index contributed by atoms with van der Waals surface area (Å²) >= 11 is 0. The van der Waals surface area contributed by atoms with Gasteiger partial charge in [0.25, 0.3) is 11.8 Å². The van der Waals surface area contributed by atoms with E-state index in [2.05, 4.69) is 55.0 Å². The highest BCUT2D eigenvalue weighted by molar-refractivity contribution is 6.16. The number of hydrogen-bond acceptors (Lipinski definition) is 11. The molecule has 0 bridgehead atoms. The Hall–Kier alpha value is -7.19. The van der Waals surface area contributed by atoms with Crippen molar-refractivity contribution >= 4 is 72.9 Å². The minimum absolute atomic E-state index is 0.0153. The highest BCUT2D eigenvalue weighted by Crippen LogP contribution is 2.39. The predicted octanol–water partition coefficient (Wildman–Crippen LogP) is 6.90. The summed E-state index contributed by atoms with van der Waals surface area (Å²) in [5, 5.41) is 28.4. The van der Waals surface area contributed by atoms with Gasteiger partial charge in [-0.05, 0) is 83.0 Å². The van der Waals surface area contributed by atoms with E-state index in [0.29, 0.717) is 46.8 Å². The van der Waals surface area contributed by atoms with Crippen molar-refractivity contribution in [2.24, 2.45) is 14.1 Å². The summed E-state index contributed by atoms with van der Waals surface area (Å²) in [6, 6.07) is 6.44. The highest BCUT2D eigenvalue weighted by Gasteiger charge is 2.33. The van der Waals surface area contributed by atoms with Crippen molar-refractivity contribution in [3.63, 3.8) is 0 Å². The Labute approximate surface area is 395 Å². The van der Waals surface area contributed by atoms with E-state index in [0.717, 1.165) is 62.0 Å². The lowest BCUT2D eigenvalue weighted by molar-refractivity contribution is 0.101. The second-order valence-electron chi connectivity index (χ2n) is 18.6. The number of carbonyl (C=O) groups excluding carboxylic acids is 2. The van der Waals surface area contributed by atoms with Crippen molar-refractivity contribution in [1.29, 1.82) is 0 Å². The lowest BCUT2D eigenvalue weighted by Crippen LogP contribution is -2.50. The van der Waals surface area contributed by atoms with Crippen LogP contribution in [-0.4, -0.2) is 109 Å². The van der Waals surface area contributed by atoms with Gasteiger partial charge in [-0.15, -0.1) is 0 Å². The van der Waals surface area contributed by atoms with E-state index in [9.17, 15) is 9.59 Å². The second kappa shape index (κ2) is 17.7. The number of nitrogens with one attached hydrogen (secondary N) is 4. The molecule has 2 saturated heterocycles. The van der Waals surface area contributed by atoms with E-state index >= 15 is 13.2 Å². The predicted molar refractivity (Wildman–Crippen MR) is 260 cm³/mol. The van der Waals surface area contributed by atoms with Crippen LogP contribution in [0.3, 0.4) is 0 Å². The fourth-order valence-electron chi connectivity index (χ4n) is 10.2. The van der Waals surface area contributed by atoms with Crippen LogP contribution in [0.5, 0.6) is 5.75 Å². The molecule has 360 valence electrons. The Morgan fingerprint density at radius 2 is 1.57 bits per heavy atom. The fourth-order valence-corrected chi connectivity index (χ4v) is 10.2. The number of amides is 2. The molecule has 0 atom stereocenters. The maximum Gasteiger partial charge on any atom is 0.261 e. The zero-order chi connectivity index (χ0) is 48.5. The minimum atomic E-state index is -0.856. The Morgan fingerprint density at radius 1 is 0.826 bits per heavy atom. The molecule has 2 fully saturated rings. The molecule has 2 amide bonds. The van der Waals surface area contributed by atoms with Gasteiger partial charge in [0.2, 0.25) is 5.82 Å². The number of nitrogens with zero attached hydrogens (tertiary/aromatic N) is 10. The van der Waals surface area contributed by atoms with E-state index < -0.39 is 29.3 Å². The number of anilines is 4. The van der Waals surface area contributed by atoms with Gasteiger partial charge in [0.1, 0.15) is 33.6 Å². The van der Waals surface area contributed by atoms with Crippen LogP contribution in [0.2, 0.25) is 0 Å². The zero-order valence-corrected chi connectivity index (χ0v) is 39.7. The van der Waals surface area contributed by atoms with E-state index in [-0.39, 0.29) is 57.0 Å². The van der Waals surface area contributed by atoms with Crippen LogP contribution in [0, 0.1) is 24.4 Å². The Kier molecular flexibility index (Phi) is 11.7. The molecule has 17 nitrogen and oxygen atoms in total. The highest BCUT2D eigenvalue weighted by atomic mass is 19.1. The van der Waals surface area contributed by atoms with Gasteiger partial charge in [-0.3, -0.25) is 23.6 Å². The first-order valence-electron chi connectivity index (χ1n) is 23.2. The Bertz CT molecular complexity index is 3320. The van der Waals surface area contributed by atoms with Crippen molar-refractivity contribution in [3.05, 3.63) is 95.1 Å². The molecule has 3 aromatic carbocycles. The smallest absolute Gasteiger partial charge is 0.261 e. The summed E-state index contributed by atoms with van der Waals surface area (Å²) in [6.45, 7) is 9.62. The average molecular weight is 945 g/mol. The van der Waals surface area contributed by atoms with Gasteiger partial charge in [0.15, 0.2) is 17.2 Å². The van der Waals surface area contributed by atoms with Gasteiger partial charge >= 0.3 is 0 Å². The van der Waals surface area contributed by atoms with Crippen molar-refractivity contribution in [2.45, 2.75) is 64.6 Å². The van der Waals surface area contributed by atoms with Crippen molar-refractivity contribution in [2.75, 3.05) is 67.3 Å². The molecule has 0 radical (unpaired) electrons. The molecule has 4 N–H and O–H groups in total. The number of aromatic nitrogens is 8. The third-order valence-electron chi connectivity index (χ3n) is 13.8. The number of aryl methyl sites for hydroxylation is 3. The Morgan fingerprint density at radius 3 is 2.29 bits per heavy atom. The van der Waals surface area contributed by atoms with Gasteiger partial charge in [-0.1, -0.05) is 6.92 Å². The van der Waals surface area contributed by atoms with Gasteiger partial charge in [0.05, 0.1) is 36.3 Å². The molecule has 8 aromatic rings. The third-order valence-corrected chi connectivity index (χ3v) is 13.8. The van der Waals surface area contributed by atoms with Gasteiger partial charge < -0.3 is 40.2 Å². The van der Waals surface area contributed by atoms with Crippen LogP contribution >= 0.6 is 0 Å². The number of fused-ring (bicyclic) bond motifs is 4. The zero-order valence-electron chi connectivity index (χ0n) is 39.7. The number of methoxy groups -OCH3 is 1. The van der Waals surface area contributed by atoms with Gasteiger partial charge in [-0.25, -0.2) is 13.8 Å². The Balaban J connectivity index is 1.10. The lowest BCUT2D eigenvalue weighted by Gasteiger charge is -2.40. The number of hydrogen-bond donors (Lipinski definition) is 4. The molecule has 0 saturated carbocycles. The van der Waals surface area contributed by atoms with E-state index in [1.807, 2.05) is 19.4 Å². The molecular formula is C49H55F3N14O3. The number of carbonyl (C=O) groups is 2. The van der Waals surface area contributed by atoms with Crippen LogP contribution < -0.4 is 35.8 Å². The quantitative estimate of drug-likeness (QED) is 0.101. The molecule has 0 aliphatic carbocycles. The van der Waals surface area contributed by atoms with Crippen molar-refractivity contribution < 1.29 is 27.5 Å². The largest absolute Gasteiger partial charge is 0.491 e. The molecule has 0 spiro atoms. The number of piperidine rings is 2. The first-order valence-corrected chi connectivity index (χ1v) is 23.2. The van der Waals surface area contributed by atoms with Crippen LogP contribution in [0.25, 0.3) is 38.4 Å². The molecule has 69 heavy (non-hydrogen) atoms. The van der Waals surface area contributed by atoms with Crippen molar-refractivity contribution in [1.82, 2.24) is 49.4 Å². The molecule has 2 aliphatic rings. The summed E-state index contributed by atoms with van der Waals surface area (Å²) in [4.78, 5) is 37.6. The average Bonchev–Trinajstić information content (AvgIpc) is 4.11. The number of rotatable bonds is 12. The maximum absolute atomic E-state index is 16.9. The molecule has 20 heteroatoms.